The Kier molecular flexibility index (Phi) is 6.30. The maximum atomic E-state index is 12.3. The molecule has 1 aromatic carbocycles. The lowest BCUT2D eigenvalue weighted by atomic mass is 10.2. The van der Waals surface area contributed by atoms with Crippen LogP contribution in [0, 0.1) is 0 Å². The SMILES string of the molecule is COc1ccc(OCCNC(=O)c2cncc(NC3CCCC3)c2)cc1. The molecule has 1 aromatic heterocycles. The molecule has 1 heterocycles. The highest BCUT2D eigenvalue weighted by Crippen LogP contribution is 2.22. The van der Waals surface area contributed by atoms with Gasteiger partial charge in [-0.3, -0.25) is 9.78 Å². The average molecular weight is 355 g/mol. The number of amides is 1. The summed E-state index contributed by atoms with van der Waals surface area (Å²) in [6.45, 7) is 0.816. The Labute approximate surface area is 153 Å². The highest BCUT2D eigenvalue weighted by Gasteiger charge is 2.15. The third-order valence-corrected chi connectivity index (χ3v) is 4.44. The highest BCUT2D eigenvalue weighted by molar-refractivity contribution is 5.94. The number of aromatic nitrogens is 1. The molecule has 0 spiro atoms. The third-order valence-electron chi connectivity index (χ3n) is 4.44. The zero-order chi connectivity index (χ0) is 18.2. The van der Waals surface area contributed by atoms with Gasteiger partial charge in [-0.25, -0.2) is 0 Å². The van der Waals surface area contributed by atoms with Gasteiger partial charge < -0.3 is 20.1 Å². The number of ether oxygens (including phenoxy) is 2. The van der Waals surface area contributed by atoms with Crippen LogP contribution < -0.4 is 20.1 Å². The molecule has 0 radical (unpaired) electrons. The van der Waals surface area contributed by atoms with Gasteiger partial charge in [0.2, 0.25) is 0 Å². The summed E-state index contributed by atoms with van der Waals surface area (Å²) < 4.78 is 10.7. The Hall–Kier alpha value is -2.76. The summed E-state index contributed by atoms with van der Waals surface area (Å²) in [4.78, 5) is 16.5. The zero-order valence-electron chi connectivity index (χ0n) is 15.0. The van der Waals surface area contributed by atoms with E-state index in [0.29, 0.717) is 24.8 Å². The standard InChI is InChI=1S/C20H25N3O3/c1-25-18-6-8-19(9-7-18)26-11-10-22-20(24)15-12-17(14-21-13-15)23-16-4-2-3-5-16/h6-9,12-14,16,23H,2-5,10-11H2,1H3,(H,22,24). The molecule has 1 aliphatic rings. The second kappa shape index (κ2) is 9.08. The van der Waals surface area contributed by atoms with Crippen molar-refractivity contribution < 1.29 is 14.3 Å². The van der Waals surface area contributed by atoms with Crippen LogP contribution in [0.1, 0.15) is 36.0 Å². The molecule has 1 fully saturated rings. The quantitative estimate of drug-likeness (QED) is 0.711. The lowest BCUT2D eigenvalue weighted by Gasteiger charge is -2.14. The molecule has 1 saturated carbocycles. The number of pyridine rings is 1. The lowest BCUT2D eigenvalue weighted by molar-refractivity contribution is 0.0946. The van der Waals surface area contributed by atoms with Crippen LogP contribution >= 0.6 is 0 Å². The van der Waals surface area contributed by atoms with Gasteiger partial charge in [0.1, 0.15) is 18.1 Å². The Morgan fingerprint density at radius 3 is 2.62 bits per heavy atom. The minimum Gasteiger partial charge on any atom is -0.497 e. The average Bonchev–Trinajstić information content (AvgIpc) is 3.19. The van der Waals surface area contributed by atoms with Crippen LogP contribution in [0.2, 0.25) is 0 Å². The van der Waals surface area contributed by atoms with E-state index in [-0.39, 0.29) is 5.91 Å². The van der Waals surface area contributed by atoms with Crippen LogP contribution in [0.4, 0.5) is 5.69 Å². The van der Waals surface area contributed by atoms with Crippen LogP contribution in [0.5, 0.6) is 11.5 Å². The molecule has 0 bridgehead atoms. The van der Waals surface area contributed by atoms with Gasteiger partial charge in [0, 0.05) is 18.4 Å². The van der Waals surface area contributed by atoms with Crippen molar-refractivity contribution >= 4 is 11.6 Å². The first-order valence-electron chi connectivity index (χ1n) is 9.01. The summed E-state index contributed by atoms with van der Waals surface area (Å²) in [5.41, 5.74) is 1.46. The summed E-state index contributed by atoms with van der Waals surface area (Å²) >= 11 is 0. The number of carbonyl (C=O) groups is 1. The van der Waals surface area contributed by atoms with Crippen LogP contribution in [-0.4, -0.2) is 37.2 Å². The fraction of sp³-hybridized carbons (Fsp3) is 0.400. The van der Waals surface area contributed by atoms with E-state index in [0.717, 1.165) is 17.2 Å². The van der Waals surface area contributed by atoms with Crippen molar-refractivity contribution in [1.82, 2.24) is 10.3 Å². The molecule has 138 valence electrons. The van der Waals surface area contributed by atoms with Gasteiger partial charge in [0.15, 0.2) is 0 Å². The Morgan fingerprint density at radius 1 is 1.15 bits per heavy atom. The van der Waals surface area contributed by atoms with Crippen molar-refractivity contribution in [2.45, 2.75) is 31.7 Å². The fourth-order valence-corrected chi connectivity index (χ4v) is 3.06. The minimum atomic E-state index is -0.147. The van der Waals surface area contributed by atoms with Crippen molar-refractivity contribution in [2.75, 3.05) is 25.6 Å². The third kappa shape index (κ3) is 5.12. The number of nitrogens with zero attached hydrogens (tertiary/aromatic N) is 1. The van der Waals surface area contributed by atoms with E-state index in [1.807, 2.05) is 30.3 Å². The first-order chi connectivity index (χ1) is 12.7. The van der Waals surface area contributed by atoms with Gasteiger partial charge >= 0.3 is 0 Å². The van der Waals surface area contributed by atoms with Crippen molar-refractivity contribution in [3.8, 4) is 11.5 Å². The number of nitrogens with one attached hydrogen (secondary N) is 2. The highest BCUT2D eigenvalue weighted by atomic mass is 16.5. The molecular formula is C20H25N3O3. The molecule has 2 N–H and O–H groups in total. The van der Waals surface area contributed by atoms with E-state index >= 15 is 0 Å². The number of rotatable bonds is 8. The molecule has 0 atom stereocenters. The molecule has 6 nitrogen and oxygen atoms in total. The Bertz CT molecular complexity index is 712. The van der Waals surface area contributed by atoms with Crippen LogP contribution in [0.15, 0.2) is 42.7 Å². The maximum absolute atomic E-state index is 12.3. The Morgan fingerprint density at radius 2 is 1.88 bits per heavy atom. The summed E-state index contributed by atoms with van der Waals surface area (Å²) in [7, 11) is 1.62. The first kappa shape index (κ1) is 18.0. The second-order valence-electron chi connectivity index (χ2n) is 6.37. The molecule has 1 amide bonds. The van der Waals surface area contributed by atoms with E-state index in [2.05, 4.69) is 15.6 Å². The van der Waals surface area contributed by atoms with Gasteiger partial charge in [-0.15, -0.1) is 0 Å². The van der Waals surface area contributed by atoms with Crippen molar-refractivity contribution in [1.29, 1.82) is 0 Å². The summed E-state index contributed by atoms with van der Waals surface area (Å²) in [5, 5.41) is 6.31. The molecular weight excluding hydrogens is 330 g/mol. The number of carbonyl (C=O) groups excluding carboxylic acids is 1. The smallest absolute Gasteiger partial charge is 0.253 e. The fourth-order valence-electron chi connectivity index (χ4n) is 3.06. The monoisotopic (exact) mass is 355 g/mol. The van der Waals surface area contributed by atoms with Crippen molar-refractivity contribution in [2.24, 2.45) is 0 Å². The molecule has 0 saturated heterocycles. The van der Waals surface area contributed by atoms with Gasteiger partial charge in [0.25, 0.3) is 5.91 Å². The number of anilines is 1. The Balaban J connectivity index is 1.43. The van der Waals surface area contributed by atoms with E-state index in [1.54, 1.807) is 19.5 Å². The van der Waals surface area contributed by atoms with Gasteiger partial charge in [-0.05, 0) is 43.2 Å². The molecule has 3 rings (SSSR count). The topological polar surface area (TPSA) is 72.5 Å². The minimum absolute atomic E-state index is 0.147. The molecule has 0 aliphatic heterocycles. The van der Waals surface area contributed by atoms with Gasteiger partial charge in [-0.2, -0.15) is 0 Å². The largest absolute Gasteiger partial charge is 0.497 e. The van der Waals surface area contributed by atoms with Gasteiger partial charge in [-0.1, -0.05) is 12.8 Å². The number of benzene rings is 1. The van der Waals surface area contributed by atoms with E-state index in [9.17, 15) is 4.79 Å². The normalized spacial score (nSPS) is 14.0. The second-order valence-corrected chi connectivity index (χ2v) is 6.37. The van der Waals surface area contributed by atoms with Crippen LogP contribution in [-0.2, 0) is 0 Å². The number of methoxy groups -OCH3 is 1. The molecule has 26 heavy (non-hydrogen) atoms. The summed E-state index contributed by atoms with van der Waals surface area (Å²) in [5.74, 6) is 1.37. The lowest BCUT2D eigenvalue weighted by Crippen LogP contribution is -2.28. The zero-order valence-corrected chi connectivity index (χ0v) is 15.0. The predicted octanol–water partition coefficient (Wildman–Crippen LogP) is 3.25. The molecule has 6 heteroatoms. The summed E-state index contributed by atoms with van der Waals surface area (Å²) in [6.07, 6.45) is 8.23. The molecule has 0 unspecified atom stereocenters. The van der Waals surface area contributed by atoms with Crippen LogP contribution in [0.25, 0.3) is 0 Å². The van der Waals surface area contributed by atoms with E-state index < -0.39 is 0 Å². The van der Waals surface area contributed by atoms with Gasteiger partial charge in [0.05, 0.1) is 24.9 Å². The van der Waals surface area contributed by atoms with Crippen molar-refractivity contribution in [3.63, 3.8) is 0 Å². The maximum Gasteiger partial charge on any atom is 0.253 e. The van der Waals surface area contributed by atoms with E-state index in [1.165, 1.54) is 25.7 Å². The number of hydrogen-bond donors (Lipinski definition) is 2. The molecule has 1 aliphatic carbocycles. The first-order valence-corrected chi connectivity index (χ1v) is 9.01. The van der Waals surface area contributed by atoms with Crippen LogP contribution in [0.3, 0.4) is 0 Å². The van der Waals surface area contributed by atoms with Crippen molar-refractivity contribution in [3.05, 3.63) is 48.3 Å². The number of hydrogen-bond acceptors (Lipinski definition) is 5. The molecule has 2 aromatic rings. The predicted molar refractivity (Wildman–Crippen MR) is 101 cm³/mol. The summed E-state index contributed by atoms with van der Waals surface area (Å²) in [6, 6.07) is 9.69. The van der Waals surface area contributed by atoms with E-state index in [4.69, 9.17) is 9.47 Å².